The van der Waals surface area contributed by atoms with Crippen LogP contribution in [0.2, 0.25) is 0 Å². The zero-order valence-corrected chi connectivity index (χ0v) is 16.5. The van der Waals surface area contributed by atoms with Crippen molar-refractivity contribution in [3.05, 3.63) is 35.9 Å². The number of ether oxygens (including phenoxy) is 2. The summed E-state index contributed by atoms with van der Waals surface area (Å²) in [5, 5.41) is 2.67. The summed E-state index contributed by atoms with van der Waals surface area (Å²) in [6.07, 6.45) is 2.57. The van der Waals surface area contributed by atoms with Crippen molar-refractivity contribution >= 4 is 12.1 Å². The molecular weight excluding hydrogens is 344 g/mol. The molecular formula is C21H30N2O4. The molecule has 0 aliphatic carbocycles. The van der Waals surface area contributed by atoms with Crippen LogP contribution >= 0.6 is 0 Å². The standard InChI is InChI=1S/C21H30N2O4/c1-20(2,3)27-19(25)22-17(16-7-5-4-6-8-16)18(24)26-15-21-9-12-23(13-10-21)14-11-21/h4-8,17H,9-15H2,1-3H3,(H,22,25). The van der Waals surface area contributed by atoms with Gasteiger partial charge in [-0.25, -0.2) is 9.59 Å². The highest BCUT2D eigenvalue weighted by Gasteiger charge is 2.41. The lowest BCUT2D eigenvalue weighted by Gasteiger charge is -2.47. The van der Waals surface area contributed by atoms with Crippen LogP contribution in [0.4, 0.5) is 4.79 Å². The number of benzene rings is 1. The molecule has 4 rings (SSSR count). The van der Waals surface area contributed by atoms with Gasteiger partial charge in [0.25, 0.3) is 0 Å². The Morgan fingerprint density at radius 2 is 1.70 bits per heavy atom. The van der Waals surface area contributed by atoms with Crippen molar-refractivity contribution in [2.45, 2.75) is 51.7 Å². The van der Waals surface area contributed by atoms with Crippen LogP contribution in [0.1, 0.15) is 51.6 Å². The first-order valence-corrected chi connectivity index (χ1v) is 9.70. The van der Waals surface area contributed by atoms with E-state index in [2.05, 4.69) is 10.2 Å². The molecule has 1 N–H and O–H groups in total. The number of hydrogen-bond donors (Lipinski definition) is 1. The van der Waals surface area contributed by atoms with Gasteiger partial charge in [-0.05, 0) is 65.2 Å². The monoisotopic (exact) mass is 374 g/mol. The lowest BCUT2D eigenvalue weighted by Crippen LogP contribution is -2.50. The second-order valence-corrected chi connectivity index (χ2v) is 8.69. The molecule has 0 spiro atoms. The van der Waals surface area contributed by atoms with E-state index < -0.39 is 23.7 Å². The van der Waals surface area contributed by atoms with Crippen molar-refractivity contribution in [3.63, 3.8) is 0 Å². The number of rotatable bonds is 5. The summed E-state index contributed by atoms with van der Waals surface area (Å²) in [5.41, 5.74) is 0.145. The molecule has 3 saturated heterocycles. The van der Waals surface area contributed by atoms with Gasteiger partial charge in [0, 0.05) is 5.41 Å². The summed E-state index contributed by atoms with van der Waals surface area (Å²) >= 11 is 0. The van der Waals surface area contributed by atoms with Gasteiger partial charge >= 0.3 is 12.1 Å². The van der Waals surface area contributed by atoms with Gasteiger partial charge in [0.15, 0.2) is 6.04 Å². The van der Waals surface area contributed by atoms with E-state index in [0.29, 0.717) is 12.2 Å². The zero-order chi connectivity index (χ0) is 19.5. The van der Waals surface area contributed by atoms with Crippen molar-refractivity contribution in [2.75, 3.05) is 26.2 Å². The third-order valence-electron chi connectivity index (χ3n) is 5.43. The van der Waals surface area contributed by atoms with E-state index in [0.717, 1.165) is 38.9 Å². The zero-order valence-electron chi connectivity index (χ0n) is 16.5. The summed E-state index contributed by atoms with van der Waals surface area (Å²) < 4.78 is 11.0. The van der Waals surface area contributed by atoms with Gasteiger partial charge in [0.05, 0.1) is 6.61 Å². The van der Waals surface area contributed by atoms with Gasteiger partial charge in [-0.2, -0.15) is 0 Å². The molecule has 3 fully saturated rings. The maximum absolute atomic E-state index is 12.9. The number of hydrogen-bond acceptors (Lipinski definition) is 5. The number of nitrogens with one attached hydrogen (secondary N) is 1. The van der Waals surface area contributed by atoms with Crippen LogP contribution in [0.25, 0.3) is 0 Å². The Balaban J connectivity index is 1.66. The number of piperidine rings is 3. The topological polar surface area (TPSA) is 67.9 Å². The molecule has 148 valence electrons. The van der Waals surface area contributed by atoms with Gasteiger partial charge in [0.1, 0.15) is 5.60 Å². The van der Waals surface area contributed by atoms with Crippen LogP contribution in [0.5, 0.6) is 0 Å². The number of carbonyl (C=O) groups excluding carboxylic acids is 2. The first kappa shape index (κ1) is 19.7. The fourth-order valence-corrected chi connectivity index (χ4v) is 3.77. The van der Waals surface area contributed by atoms with E-state index in [1.807, 2.05) is 18.2 Å². The highest BCUT2D eigenvalue weighted by atomic mass is 16.6. The molecule has 0 aromatic heterocycles. The molecule has 1 aromatic carbocycles. The van der Waals surface area contributed by atoms with Crippen molar-refractivity contribution in [1.82, 2.24) is 10.2 Å². The second kappa shape index (κ2) is 7.89. The lowest BCUT2D eigenvalue weighted by atomic mass is 9.73. The Kier molecular flexibility index (Phi) is 5.75. The molecule has 3 aliphatic rings. The molecule has 1 aromatic rings. The minimum atomic E-state index is -0.874. The Morgan fingerprint density at radius 3 is 2.26 bits per heavy atom. The van der Waals surface area contributed by atoms with Gasteiger partial charge in [-0.15, -0.1) is 0 Å². The molecule has 3 heterocycles. The van der Waals surface area contributed by atoms with E-state index in [-0.39, 0.29) is 5.41 Å². The van der Waals surface area contributed by atoms with E-state index >= 15 is 0 Å². The third-order valence-corrected chi connectivity index (χ3v) is 5.43. The van der Waals surface area contributed by atoms with Crippen LogP contribution in [0, 0.1) is 5.41 Å². The van der Waals surface area contributed by atoms with Crippen molar-refractivity contribution in [2.24, 2.45) is 5.41 Å². The number of esters is 1. The van der Waals surface area contributed by atoms with Crippen LogP contribution in [0.3, 0.4) is 0 Å². The largest absolute Gasteiger partial charge is 0.463 e. The van der Waals surface area contributed by atoms with Crippen LogP contribution in [-0.2, 0) is 14.3 Å². The number of fused-ring (bicyclic) bond motifs is 3. The van der Waals surface area contributed by atoms with E-state index in [1.165, 1.54) is 0 Å². The predicted molar refractivity (Wildman–Crippen MR) is 102 cm³/mol. The lowest BCUT2D eigenvalue weighted by molar-refractivity contribution is -0.153. The van der Waals surface area contributed by atoms with Crippen LogP contribution in [-0.4, -0.2) is 48.8 Å². The first-order chi connectivity index (χ1) is 12.8. The van der Waals surface area contributed by atoms with Crippen LogP contribution in [0.15, 0.2) is 30.3 Å². The molecule has 0 saturated carbocycles. The molecule has 27 heavy (non-hydrogen) atoms. The average molecular weight is 374 g/mol. The van der Waals surface area contributed by atoms with Crippen molar-refractivity contribution < 1.29 is 19.1 Å². The number of amides is 1. The third kappa shape index (κ3) is 5.22. The molecule has 6 heteroatoms. The highest BCUT2D eigenvalue weighted by Crippen LogP contribution is 2.40. The SMILES string of the molecule is CC(C)(C)OC(=O)NC(C(=O)OCC12CCN(CC1)CC2)c1ccccc1. The minimum Gasteiger partial charge on any atom is -0.463 e. The summed E-state index contributed by atoms with van der Waals surface area (Å²) in [6.45, 7) is 9.02. The normalized spacial score (nSPS) is 25.5. The van der Waals surface area contributed by atoms with Crippen molar-refractivity contribution in [1.29, 1.82) is 0 Å². The second-order valence-electron chi connectivity index (χ2n) is 8.69. The highest BCUT2D eigenvalue weighted by molar-refractivity contribution is 5.82. The molecule has 3 aliphatic heterocycles. The molecule has 1 amide bonds. The summed E-state index contributed by atoms with van der Waals surface area (Å²) in [7, 11) is 0. The van der Waals surface area contributed by atoms with Gasteiger partial charge in [0.2, 0.25) is 0 Å². The number of nitrogens with zero attached hydrogens (tertiary/aromatic N) is 1. The molecule has 1 unspecified atom stereocenters. The predicted octanol–water partition coefficient (Wildman–Crippen LogP) is 3.28. The smallest absolute Gasteiger partial charge is 0.408 e. The summed E-state index contributed by atoms with van der Waals surface area (Å²) in [5.74, 6) is -0.436. The van der Waals surface area contributed by atoms with Crippen molar-refractivity contribution in [3.8, 4) is 0 Å². The van der Waals surface area contributed by atoms with Gasteiger partial charge in [-0.3, -0.25) is 0 Å². The number of alkyl carbamates (subject to hydrolysis) is 1. The minimum absolute atomic E-state index is 0.0948. The fourth-order valence-electron chi connectivity index (χ4n) is 3.77. The van der Waals surface area contributed by atoms with Crippen LogP contribution < -0.4 is 5.32 Å². The molecule has 1 atom stereocenters. The van der Waals surface area contributed by atoms with Gasteiger partial charge < -0.3 is 19.7 Å². The Bertz CT molecular complexity index is 647. The molecule has 2 bridgehead atoms. The quantitative estimate of drug-likeness (QED) is 0.801. The Labute approximate surface area is 161 Å². The average Bonchev–Trinajstić information content (AvgIpc) is 2.65. The summed E-state index contributed by atoms with van der Waals surface area (Å²) in [6, 6.07) is 8.28. The molecule has 0 radical (unpaired) electrons. The maximum Gasteiger partial charge on any atom is 0.408 e. The Hall–Kier alpha value is -2.08. The maximum atomic E-state index is 12.9. The molecule has 6 nitrogen and oxygen atoms in total. The fraction of sp³-hybridized carbons (Fsp3) is 0.619. The van der Waals surface area contributed by atoms with Gasteiger partial charge in [-0.1, -0.05) is 30.3 Å². The van der Waals surface area contributed by atoms with E-state index in [9.17, 15) is 9.59 Å². The Morgan fingerprint density at radius 1 is 1.11 bits per heavy atom. The van der Waals surface area contributed by atoms with E-state index in [4.69, 9.17) is 9.47 Å². The van der Waals surface area contributed by atoms with E-state index in [1.54, 1.807) is 32.9 Å². The number of carbonyl (C=O) groups is 2. The summed E-state index contributed by atoms with van der Waals surface area (Å²) in [4.78, 5) is 27.5. The first-order valence-electron chi connectivity index (χ1n) is 9.70.